The average Bonchev–Trinajstić information content (AvgIpc) is 3.20. The Kier molecular flexibility index (Phi) is 5.78. The van der Waals surface area contributed by atoms with E-state index < -0.39 is 0 Å². The van der Waals surface area contributed by atoms with Crippen molar-refractivity contribution < 1.29 is 9.13 Å². The number of hydrogen-bond acceptors (Lipinski definition) is 5. The third-order valence-corrected chi connectivity index (χ3v) is 6.60. The highest BCUT2D eigenvalue weighted by Gasteiger charge is 2.29. The largest absolute Gasteiger partial charge is 0.495 e. The van der Waals surface area contributed by atoms with Gasteiger partial charge in [-0.25, -0.2) is 9.37 Å². The number of likely N-dealkylation sites (tertiary alicyclic amines) is 1. The van der Waals surface area contributed by atoms with Gasteiger partial charge in [0.1, 0.15) is 17.4 Å². The molecular formula is C24H30FN5O. The molecule has 1 aromatic heterocycles. The number of hydrogen-bond donors (Lipinski definition) is 1. The number of piperazine rings is 1. The number of rotatable bonds is 5. The van der Waals surface area contributed by atoms with E-state index in [0.29, 0.717) is 6.04 Å². The molecular weight excluding hydrogens is 393 g/mol. The second kappa shape index (κ2) is 8.85. The molecule has 0 amide bonds. The van der Waals surface area contributed by atoms with Crippen molar-refractivity contribution in [3.8, 4) is 5.75 Å². The molecule has 1 N–H and O–H groups in total. The van der Waals surface area contributed by atoms with Crippen LogP contribution in [0.1, 0.15) is 18.7 Å². The number of methoxy groups -OCH3 is 1. The van der Waals surface area contributed by atoms with Gasteiger partial charge in [-0.3, -0.25) is 9.80 Å². The van der Waals surface area contributed by atoms with E-state index in [1.54, 1.807) is 13.2 Å². The zero-order valence-electron chi connectivity index (χ0n) is 18.1. The number of halogens is 1. The molecule has 2 fully saturated rings. The Morgan fingerprint density at radius 3 is 2.77 bits per heavy atom. The number of para-hydroxylation sites is 2. The summed E-state index contributed by atoms with van der Waals surface area (Å²) in [7, 11) is 1.74. The topological polar surface area (TPSA) is 47.6 Å². The molecule has 3 aromatic rings. The van der Waals surface area contributed by atoms with Gasteiger partial charge in [0.2, 0.25) is 0 Å². The van der Waals surface area contributed by atoms with Crippen LogP contribution in [0, 0.1) is 5.82 Å². The van der Waals surface area contributed by atoms with Crippen LogP contribution in [0.4, 0.5) is 10.1 Å². The highest BCUT2D eigenvalue weighted by Crippen LogP contribution is 2.29. The molecule has 0 saturated carbocycles. The van der Waals surface area contributed by atoms with E-state index >= 15 is 0 Å². The van der Waals surface area contributed by atoms with E-state index in [2.05, 4.69) is 36.8 Å². The predicted octanol–water partition coefficient (Wildman–Crippen LogP) is 3.50. The maximum absolute atomic E-state index is 13.5. The molecule has 0 unspecified atom stereocenters. The summed E-state index contributed by atoms with van der Waals surface area (Å²) >= 11 is 0. The monoisotopic (exact) mass is 423 g/mol. The van der Waals surface area contributed by atoms with Crippen LogP contribution < -0.4 is 9.64 Å². The van der Waals surface area contributed by atoms with Gasteiger partial charge < -0.3 is 14.6 Å². The second-order valence-electron chi connectivity index (χ2n) is 8.57. The molecule has 0 bridgehead atoms. The summed E-state index contributed by atoms with van der Waals surface area (Å²) in [5.74, 6) is 1.64. The highest BCUT2D eigenvalue weighted by atomic mass is 19.1. The lowest BCUT2D eigenvalue weighted by Gasteiger charge is -2.44. The fourth-order valence-electron chi connectivity index (χ4n) is 5.01. The molecule has 0 radical (unpaired) electrons. The van der Waals surface area contributed by atoms with Gasteiger partial charge in [0, 0.05) is 38.8 Å². The maximum Gasteiger partial charge on any atom is 0.142 e. The number of aromatic nitrogens is 2. The third kappa shape index (κ3) is 4.38. The van der Waals surface area contributed by atoms with E-state index in [0.717, 1.165) is 68.4 Å². The molecule has 7 heteroatoms. The van der Waals surface area contributed by atoms with Gasteiger partial charge in [-0.05, 0) is 49.7 Å². The minimum atomic E-state index is -0.229. The molecule has 0 aliphatic carbocycles. The van der Waals surface area contributed by atoms with Gasteiger partial charge >= 0.3 is 0 Å². The van der Waals surface area contributed by atoms with Gasteiger partial charge in [0.15, 0.2) is 0 Å². The summed E-state index contributed by atoms with van der Waals surface area (Å²) in [6, 6.07) is 13.6. The first kappa shape index (κ1) is 20.3. The minimum Gasteiger partial charge on any atom is -0.495 e. The SMILES string of the molecule is COc1ccccc1N1CCN([C@@H]2CCCN(Cc3nc4ccc(F)cc4[nH]3)C2)CC1. The zero-order valence-corrected chi connectivity index (χ0v) is 18.1. The van der Waals surface area contributed by atoms with E-state index in [1.165, 1.54) is 30.7 Å². The van der Waals surface area contributed by atoms with Gasteiger partial charge in [-0.1, -0.05) is 12.1 Å². The first-order valence-corrected chi connectivity index (χ1v) is 11.2. The normalized spacial score (nSPS) is 21.0. The molecule has 0 spiro atoms. The van der Waals surface area contributed by atoms with Crippen molar-refractivity contribution in [3.63, 3.8) is 0 Å². The Bertz CT molecular complexity index is 1030. The lowest BCUT2D eigenvalue weighted by atomic mass is 10.0. The van der Waals surface area contributed by atoms with E-state index in [-0.39, 0.29) is 5.82 Å². The van der Waals surface area contributed by atoms with Crippen LogP contribution in [0.5, 0.6) is 5.75 Å². The Balaban J connectivity index is 1.19. The summed E-state index contributed by atoms with van der Waals surface area (Å²) < 4.78 is 19.0. The smallest absolute Gasteiger partial charge is 0.142 e. The lowest BCUT2D eigenvalue weighted by Crippen LogP contribution is -2.55. The molecule has 6 nitrogen and oxygen atoms in total. The van der Waals surface area contributed by atoms with Crippen LogP contribution in [0.3, 0.4) is 0 Å². The summed E-state index contributed by atoms with van der Waals surface area (Å²) in [6.45, 7) is 7.11. The van der Waals surface area contributed by atoms with Gasteiger partial charge in [-0.2, -0.15) is 0 Å². The van der Waals surface area contributed by atoms with Crippen molar-refractivity contribution in [2.24, 2.45) is 0 Å². The van der Waals surface area contributed by atoms with Crippen LogP contribution in [0.2, 0.25) is 0 Å². The van der Waals surface area contributed by atoms with Gasteiger partial charge in [0.05, 0.1) is 30.4 Å². The van der Waals surface area contributed by atoms with Gasteiger partial charge in [-0.15, -0.1) is 0 Å². The molecule has 1 atom stereocenters. The van der Waals surface area contributed by atoms with Crippen molar-refractivity contribution in [2.45, 2.75) is 25.4 Å². The van der Waals surface area contributed by atoms with Crippen molar-refractivity contribution in [1.29, 1.82) is 0 Å². The van der Waals surface area contributed by atoms with E-state index in [9.17, 15) is 4.39 Å². The van der Waals surface area contributed by atoms with Crippen LogP contribution in [0.15, 0.2) is 42.5 Å². The third-order valence-electron chi connectivity index (χ3n) is 6.60. The molecule has 164 valence electrons. The van der Waals surface area contributed by atoms with Gasteiger partial charge in [0.25, 0.3) is 0 Å². The Morgan fingerprint density at radius 1 is 1.10 bits per heavy atom. The van der Waals surface area contributed by atoms with Crippen molar-refractivity contribution in [1.82, 2.24) is 19.8 Å². The summed E-state index contributed by atoms with van der Waals surface area (Å²) in [6.07, 6.45) is 2.45. The Morgan fingerprint density at radius 2 is 1.94 bits per heavy atom. The van der Waals surface area contributed by atoms with E-state index in [4.69, 9.17) is 4.74 Å². The van der Waals surface area contributed by atoms with Crippen molar-refractivity contribution in [3.05, 3.63) is 54.1 Å². The van der Waals surface area contributed by atoms with Crippen LogP contribution in [-0.4, -0.2) is 72.2 Å². The number of aromatic amines is 1. The number of nitrogens with zero attached hydrogens (tertiary/aromatic N) is 4. The second-order valence-corrected chi connectivity index (χ2v) is 8.57. The van der Waals surface area contributed by atoms with Crippen LogP contribution >= 0.6 is 0 Å². The number of anilines is 1. The number of H-pyrrole nitrogens is 1. The van der Waals surface area contributed by atoms with E-state index in [1.807, 2.05) is 12.1 Å². The molecule has 31 heavy (non-hydrogen) atoms. The average molecular weight is 424 g/mol. The predicted molar refractivity (Wildman–Crippen MR) is 121 cm³/mol. The fraction of sp³-hybridized carbons (Fsp3) is 0.458. The maximum atomic E-state index is 13.5. The molecule has 2 aliphatic heterocycles. The Labute approximate surface area is 182 Å². The molecule has 2 aliphatic rings. The standard InChI is InChI=1S/C24H30FN5O/c1-31-23-7-3-2-6-22(23)30-13-11-29(12-14-30)19-5-4-10-28(16-19)17-24-26-20-9-8-18(25)15-21(20)27-24/h2-3,6-9,15,19H,4-5,10-14,16-17H2,1H3,(H,26,27)/t19-/m1/s1. The summed E-state index contributed by atoms with van der Waals surface area (Å²) in [4.78, 5) is 15.5. The molecule has 3 heterocycles. The molecule has 2 saturated heterocycles. The van der Waals surface area contributed by atoms with Crippen molar-refractivity contribution in [2.75, 3.05) is 51.3 Å². The number of piperidine rings is 1. The quantitative estimate of drug-likeness (QED) is 0.681. The lowest BCUT2D eigenvalue weighted by molar-refractivity contribution is 0.0875. The summed E-state index contributed by atoms with van der Waals surface area (Å²) in [5, 5.41) is 0. The van der Waals surface area contributed by atoms with Crippen LogP contribution in [-0.2, 0) is 6.54 Å². The number of nitrogens with one attached hydrogen (secondary N) is 1. The highest BCUT2D eigenvalue weighted by molar-refractivity contribution is 5.74. The minimum absolute atomic E-state index is 0.229. The first-order chi connectivity index (χ1) is 15.2. The number of fused-ring (bicyclic) bond motifs is 1. The Hall–Kier alpha value is -2.64. The summed E-state index contributed by atoms with van der Waals surface area (Å²) in [5.41, 5.74) is 2.80. The molecule has 2 aromatic carbocycles. The first-order valence-electron chi connectivity index (χ1n) is 11.2. The zero-order chi connectivity index (χ0) is 21.2. The number of benzene rings is 2. The van der Waals surface area contributed by atoms with Crippen LogP contribution in [0.25, 0.3) is 11.0 Å². The number of ether oxygens (including phenoxy) is 1. The fourth-order valence-corrected chi connectivity index (χ4v) is 5.01. The molecule has 5 rings (SSSR count). The number of imidazole rings is 1. The van der Waals surface area contributed by atoms with Crippen molar-refractivity contribution >= 4 is 16.7 Å².